The van der Waals surface area contributed by atoms with Gasteiger partial charge in [-0.3, -0.25) is 0 Å². The van der Waals surface area contributed by atoms with Crippen LogP contribution < -0.4 is 4.74 Å². The Balaban J connectivity index is 2.99. The Hall–Kier alpha value is -0.750. The molecule has 0 spiro atoms. The summed E-state index contributed by atoms with van der Waals surface area (Å²) in [5.74, 6) is -0.332. The SMILES string of the molecule is [NH-]Cc1ccc(Br)cc1OC(F)(F)F. The van der Waals surface area contributed by atoms with Crippen LogP contribution in [-0.4, -0.2) is 6.36 Å². The van der Waals surface area contributed by atoms with Gasteiger partial charge in [-0.05, 0) is 17.7 Å². The molecule has 0 saturated carbocycles. The van der Waals surface area contributed by atoms with E-state index in [2.05, 4.69) is 20.7 Å². The lowest BCUT2D eigenvalue weighted by Crippen LogP contribution is -2.18. The number of alkyl halides is 3. The van der Waals surface area contributed by atoms with Crippen molar-refractivity contribution in [2.24, 2.45) is 0 Å². The molecule has 2 nitrogen and oxygen atoms in total. The van der Waals surface area contributed by atoms with Crippen molar-refractivity contribution in [2.75, 3.05) is 0 Å². The van der Waals surface area contributed by atoms with Gasteiger partial charge in [0.05, 0.1) is 0 Å². The summed E-state index contributed by atoms with van der Waals surface area (Å²) in [6, 6.07) is 4.17. The third kappa shape index (κ3) is 3.19. The zero-order valence-electron chi connectivity index (χ0n) is 6.86. The minimum Gasteiger partial charge on any atom is -0.674 e. The predicted octanol–water partition coefficient (Wildman–Crippen LogP) is 3.90. The van der Waals surface area contributed by atoms with E-state index in [1.54, 1.807) is 6.07 Å². The van der Waals surface area contributed by atoms with Crippen molar-refractivity contribution in [3.63, 3.8) is 0 Å². The first-order valence-electron chi connectivity index (χ1n) is 3.61. The number of halogens is 4. The molecule has 0 aliphatic heterocycles. The normalized spacial score (nSPS) is 11.5. The highest BCUT2D eigenvalue weighted by atomic mass is 79.9. The molecule has 0 unspecified atom stereocenters. The highest BCUT2D eigenvalue weighted by molar-refractivity contribution is 9.10. The van der Waals surface area contributed by atoms with Gasteiger partial charge < -0.3 is 10.5 Å². The first kappa shape index (κ1) is 11.3. The first-order chi connectivity index (χ1) is 6.42. The van der Waals surface area contributed by atoms with Crippen LogP contribution in [0.4, 0.5) is 13.2 Å². The lowest BCUT2D eigenvalue weighted by molar-refractivity contribution is -0.274. The summed E-state index contributed by atoms with van der Waals surface area (Å²) in [5.41, 5.74) is 7.20. The quantitative estimate of drug-likeness (QED) is 0.801. The Kier molecular flexibility index (Phi) is 3.38. The summed E-state index contributed by atoms with van der Waals surface area (Å²) >= 11 is 3.02. The van der Waals surface area contributed by atoms with Crippen LogP contribution in [0.15, 0.2) is 22.7 Å². The first-order valence-corrected chi connectivity index (χ1v) is 4.40. The van der Waals surface area contributed by atoms with E-state index in [-0.39, 0.29) is 17.9 Å². The maximum absolute atomic E-state index is 11.9. The van der Waals surface area contributed by atoms with E-state index < -0.39 is 6.36 Å². The molecular formula is C8H6BrF3NO-. The predicted molar refractivity (Wildman–Crippen MR) is 48.9 cm³/mol. The third-order valence-corrected chi connectivity index (χ3v) is 1.94. The number of rotatable bonds is 2. The van der Waals surface area contributed by atoms with Crippen molar-refractivity contribution in [1.82, 2.24) is 0 Å². The van der Waals surface area contributed by atoms with Gasteiger partial charge in [0.15, 0.2) is 0 Å². The van der Waals surface area contributed by atoms with Gasteiger partial charge >= 0.3 is 6.36 Å². The summed E-state index contributed by atoms with van der Waals surface area (Å²) in [7, 11) is 0. The van der Waals surface area contributed by atoms with Crippen molar-refractivity contribution in [3.05, 3.63) is 34.0 Å². The van der Waals surface area contributed by atoms with E-state index in [0.717, 1.165) is 0 Å². The maximum atomic E-state index is 11.9. The number of benzene rings is 1. The molecule has 78 valence electrons. The molecule has 14 heavy (non-hydrogen) atoms. The number of hydrogen-bond donors (Lipinski definition) is 0. The van der Waals surface area contributed by atoms with E-state index in [0.29, 0.717) is 4.47 Å². The number of ether oxygens (including phenoxy) is 1. The molecule has 1 N–H and O–H groups in total. The van der Waals surface area contributed by atoms with Crippen molar-refractivity contribution < 1.29 is 17.9 Å². The number of nitrogens with one attached hydrogen (secondary N) is 1. The monoisotopic (exact) mass is 268 g/mol. The maximum Gasteiger partial charge on any atom is 0.573 e. The van der Waals surface area contributed by atoms with Crippen LogP contribution in [0.1, 0.15) is 5.56 Å². The lowest BCUT2D eigenvalue weighted by atomic mass is 10.2. The molecule has 0 amide bonds. The molecule has 6 heteroatoms. The third-order valence-electron chi connectivity index (χ3n) is 1.45. The minimum absolute atomic E-state index is 0.200. The molecule has 0 bridgehead atoms. The second-order valence-electron chi connectivity index (χ2n) is 2.48. The average molecular weight is 269 g/mol. The molecule has 0 heterocycles. The van der Waals surface area contributed by atoms with Gasteiger partial charge in [0.25, 0.3) is 0 Å². The highest BCUT2D eigenvalue weighted by Gasteiger charge is 2.31. The van der Waals surface area contributed by atoms with E-state index in [1.165, 1.54) is 12.1 Å². The zero-order valence-corrected chi connectivity index (χ0v) is 8.45. The van der Waals surface area contributed by atoms with Gasteiger partial charge in [-0.15, -0.1) is 19.7 Å². The molecule has 1 rings (SSSR count). The Labute approximate surface area is 87.0 Å². The molecule has 1 aromatic rings. The Morgan fingerprint density at radius 1 is 1.36 bits per heavy atom. The summed E-state index contributed by atoms with van der Waals surface area (Å²) < 4.78 is 39.9. The summed E-state index contributed by atoms with van der Waals surface area (Å²) in [4.78, 5) is 0. The second kappa shape index (κ2) is 4.18. The smallest absolute Gasteiger partial charge is 0.573 e. The molecular weight excluding hydrogens is 263 g/mol. The highest BCUT2D eigenvalue weighted by Crippen LogP contribution is 2.29. The molecule has 0 aliphatic rings. The summed E-state index contributed by atoms with van der Waals surface area (Å²) in [6.07, 6.45) is -4.72. The second-order valence-corrected chi connectivity index (χ2v) is 3.39. The van der Waals surface area contributed by atoms with E-state index in [4.69, 9.17) is 5.73 Å². The van der Waals surface area contributed by atoms with Crippen molar-refractivity contribution in [1.29, 1.82) is 0 Å². The minimum atomic E-state index is -4.72. The molecule has 0 fully saturated rings. The van der Waals surface area contributed by atoms with Crippen LogP contribution in [0, 0.1) is 0 Å². The Bertz CT molecular complexity index is 327. The van der Waals surface area contributed by atoms with Crippen LogP contribution in [0.2, 0.25) is 0 Å². The molecule has 0 saturated heterocycles. The van der Waals surface area contributed by atoms with Gasteiger partial charge in [0, 0.05) is 4.47 Å². The fourth-order valence-corrected chi connectivity index (χ4v) is 1.23. The molecule has 0 aliphatic carbocycles. The average Bonchev–Trinajstić information content (AvgIpc) is 2.01. The lowest BCUT2D eigenvalue weighted by Gasteiger charge is -2.14. The van der Waals surface area contributed by atoms with Crippen LogP contribution >= 0.6 is 15.9 Å². The zero-order chi connectivity index (χ0) is 10.8. The van der Waals surface area contributed by atoms with Crippen LogP contribution in [0.3, 0.4) is 0 Å². The van der Waals surface area contributed by atoms with Crippen LogP contribution in [-0.2, 0) is 6.54 Å². The Morgan fingerprint density at radius 3 is 2.50 bits per heavy atom. The van der Waals surface area contributed by atoms with Gasteiger partial charge in [-0.2, -0.15) is 0 Å². The molecule has 0 aromatic heterocycles. The molecule has 1 aromatic carbocycles. The molecule has 0 radical (unpaired) electrons. The van der Waals surface area contributed by atoms with Crippen LogP contribution in [0.25, 0.3) is 5.73 Å². The van der Waals surface area contributed by atoms with E-state index in [9.17, 15) is 13.2 Å². The Morgan fingerprint density at radius 2 is 2.00 bits per heavy atom. The molecule has 0 atom stereocenters. The number of hydrogen-bond acceptors (Lipinski definition) is 1. The van der Waals surface area contributed by atoms with Gasteiger partial charge in [0.2, 0.25) is 0 Å². The van der Waals surface area contributed by atoms with Crippen molar-refractivity contribution >= 4 is 15.9 Å². The summed E-state index contributed by atoms with van der Waals surface area (Å²) in [5, 5.41) is 0. The van der Waals surface area contributed by atoms with Crippen molar-refractivity contribution in [2.45, 2.75) is 12.9 Å². The van der Waals surface area contributed by atoms with Crippen LogP contribution in [0.5, 0.6) is 5.75 Å². The largest absolute Gasteiger partial charge is 0.674 e. The standard InChI is InChI=1S/C8H6BrF3NO/c9-6-2-1-5(4-13)7(3-6)14-8(10,11)12/h1-3,13H,4H2/q-1. The van der Waals surface area contributed by atoms with Crippen molar-refractivity contribution in [3.8, 4) is 5.75 Å². The topological polar surface area (TPSA) is 33.0 Å². The van der Waals surface area contributed by atoms with Gasteiger partial charge in [0.1, 0.15) is 5.75 Å². The fraction of sp³-hybridized carbons (Fsp3) is 0.250. The van der Waals surface area contributed by atoms with Gasteiger partial charge in [-0.25, -0.2) is 0 Å². The van der Waals surface area contributed by atoms with Gasteiger partial charge in [-0.1, -0.05) is 22.0 Å². The van der Waals surface area contributed by atoms with E-state index >= 15 is 0 Å². The van der Waals surface area contributed by atoms with E-state index in [1.807, 2.05) is 0 Å². The summed E-state index contributed by atoms with van der Waals surface area (Å²) in [6.45, 7) is -0.251. The fourth-order valence-electron chi connectivity index (χ4n) is 0.894.